The minimum absolute atomic E-state index is 0.214. The monoisotopic (exact) mass is 500 g/mol. The summed E-state index contributed by atoms with van der Waals surface area (Å²) in [5.41, 5.74) is 0. The zero-order valence-electron chi connectivity index (χ0n) is 24.4. The van der Waals surface area contributed by atoms with Crippen LogP contribution in [0, 0.1) is 0 Å². The number of unbranched alkanes of at least 4 members (excludes halogenated alkanes) is 10. The topological polar surface area (TPSA) is 52.6 Å². The van der Waals surface area contributed by atoms with Gasteiger partial charge in [-0.1, -0.05) is 65.2 Å². The van der Waals surface area contributed by atoms with E-state index in [1.807, 2.05) is 0 Å². The zero-order chi connectivity index (χ0) is 26.4. The molecule has 0 aliphatic heterocycles. The van der Waals surface area contributed by atoms with E-state index in [0.29, 0.717) is 19.6 Å². The molecule has 35 heavy (non-hydrogen) atoms. The molecule has 0 radical (unpaired) electrons. The SMILES string of the molecule is CCCCCCCC[N+](C)(C)CCOC(=O)CCCC(=O)OCC[N+](C)(C)CCCCCCCC. The van der Waals surface area contributed by atoms with Crippen LogP contribution in [0.15, 0.2) is 0 Å². The normalized spacial score (nSPS) is 12.1. The van der Waals surface area contributed by atoms with Gasteiger partial charge in [-0.25, -0.2) is 0 Å². The van der Waals surface area contributed by atoms with E-state index < -0.39 is 0 Å². The van der Waals surface area contributed by atoms with Crippen molar-refractivity contribution in [2.75, 3.05) is 67.6 Å². The summed E-state index contributed by atoms with van der Waals surface area (Å²) in [5.74, 6) is -0.428. The number of quaternary nitrogens is 2. The van der Waals surface area contributed by atoms with E-state index in [1.54, 1.807) is 0 Å². The molecule has 208 valence electrons. The predicted molar refractivity (Wildman–Crippen MR) is 146 cm³/mol. The summed E-state index contributed by atoms with van der Waals surface area (Å²) in [6, 6.07) is 0. The number of carbonyl (C=O) groups excluding carboxylic acids is 2. The standard InChI is InChI=1S/C29H60N2O4/c1-7-9-11-13-15-17-22-30(3,4)24-26-34-28(32)20-19-21-29(33)35-27-25-31(5,6)23-18-16-14-12-10-8-2/h7-27H2,1-6H3/q+2. The van der Waals surface area contributed by atoms with Crippen LogP contribution in [0.4, 0.5) is 0 Å². The van der Waals surface area contributed by atoms with Gasteiger partial charge in [-0.05, 0) is 32.1 Å². The van der Waals surface area contributed by atoms with Gasteiger partial charge in [-0.3, -0.25) is 9.59 Å². The number of hydrogen-bond acceptors (Lipinski definition) is 4. The molecule has 0 bridgehead atoms. The van der Waals surface area contributed by atoms with Crippen LogP contribution >= 0.6 is 0 Å². The first-order valence-corrected chi connectivity index (χ1v) is 14.6. The van der Waals surface area contributed by atoms with Crippen LogP contribution in [0.2, 0.25) is 0 Å². The number of ether oxygens (including phenoxy) is 2. The van der Waals surface area contributed by atoms with Crippen molar-refractivity contribution in [3.8, 4) is 0 Å². The second-order valence-electron chi connectivity index (χ2n) is 11.6. The second kappa shape index (κ2) is 21.0. The summed E-state index contributed by atoms with van der Waals surface area (Å²) >= 11 is 0. The molecule has 0 N–H and O–H groups in total. The minimum Gasteiger partial charge on any atom is -0.460 e. The molecule has 0 aromatic rings. The maximum atomic E-state index is 12.0. The van der Waals surface area contributed by atoms with Crippen molar-refractivity contribution in [1.29, 1.82) is 0 Å². The third-order valence-corrected chi connectivity index (χ3v) is 6.92. The smallest absolute Gasteiger partial charge is 0.306 e. The molecular formula is C29H60N2O4+2. The van der Waals surface area contributed by atoms with E-state index in [2.05, 4.69) is 42.0 Å². The molecule has 0 aliphatic carbocycles. The number of hydrogen-bond donors (Lipinski definition) is 0. The van der Waals surface area contributed by atoms with Crippen molar-refractivity contribution in [3.05, 3.63) is 0 Å². The minimum atomic E-state index is -0.214. The highest BCUT2D eigenvalue weighted by Gasteiger charge is 2.17. The summed E-state index contributed by atoms with van der Waals surface area (Å²) in [7, 11) is 8.79. The maximum absolute atomic E-state index is 12.0. The lowest BCUT2D eigenvalue weighted by molar-refractivity contribution is -0.890. The van der Waals surface area contributed by atoms with Crippen LogP contribution in [-0.2, 0) is 19.1 Å². The first-order chi connectivity index (χ1) is 16.6. The predicted octanol–water partition coefficient (Wildman–Crippen LogP) is 6.12. The highest BCUT2D eigenvalue weighted by Crippen LogP contribution is 2.10. The summed E-state index contributed by atoms with van der Waals surface area (Å²) in [5, 5.41) is 0. The summed E-state index contributed by atoms with van der Waals surface area (Å²) in [4.78, 5) is 24.0. The average Bonchev–Trinajstić information content (AvgIpc) is 2.78. The van der Waals surface area contributed by atoms with Gasteiger partial charge >= 0.3 is 11.9 Å². The largest absolute Gasteiger partial charge is 0.460 e. The fraction of sp³-hybridized carbons (Fsp3) is 0.931. The Bertz CT molecular complexity index is 489. The molecule has 0 aromatic heterocycles. The quantitative estimate of drug-likeness (QED) is 0.0910. The summed E-state index contributed by atoms with van der Waals surface area (Å²) in [6.07, 6.45) is 16.6. The Balaban J connectivity index is 3.77. The third kappa shape index (κ3) is 23.0. The van der Waals surface area contributed by atoms with Crippen LogP contribution in [0.3, 0.4) is 0 Å². The lowest BCUT2D eigenvalue weighted by Gasteiger charge is -2.29. The van der Waals surface area contributed by atoms with Crippen LogP contribution in [-0.4, -0.2) is 88.5 Å². The summed E-state index contributed by atoms with van der Waals surface area (Å²) < 4.78 is 12.6. The Morgan fingerprint density at radius 1 is 0.486 bits per heavy atom. The molecule has 0 fully saturated rings. The molecule has 0 amide bonds. The van der Waals surface area contributed by atoms with Crippen molar-refractivity contribution in [3.63, 3.8) is 0 Å². The molecular weight excluding hydrogens is 440 g/mol. The maximum Gasteiger partial charge on any atom is 0.306 e. The number of rotatable bonds is 24. The molecule has 6 heteroatoms. The molecule has 0 aliphatic rings. The van der Waals surface area contributed by atoms with Gasteiger partial charge in [-0.15, -0.1) is 0 Å². The van der Waals surface area contributed by atoms with Gasteiger partial charge in [0.2, 0.25) is 0 Å². The van der Waals surface area contributed by atoms with Crippen molar-refractivity contribution >= 4 is 11.9 Å². The van der Waals surface area contributed by atoms with Gasteiger partial charge in [0.1, 0.15) is 26.3 Å². The van der Waals surface area contributed by atoms with Gasteiger partial charge in [-0.2, -0.15) is 0 Å². The Morgan fingerprint density at radius 3 is 1.20 bits per heavy atom. The van der Waals surface area contributed by atoms with Crippen LogP contribution in [0.5, 0.6) is 0 Å². The fourth-order valence-electron chi connectivity index (χ4n) is 4.20. The Morgan fingerprint density at radius 2 is 0.829 bits per heavy atom. The van der Waals surface area contributed by atoms with Gasteiger partial charge in [0.05, 0.1) is 41.3 Å². The van der Waals surface area contributed by atoms with Crippen molar-refractivity contribution in [2.24, 2.45) is 0 Å². The molecule has 0 saturated heterocycles. The highest BCUT2D eigenvalue weighted by molar-refractivity contribution is 5.72. The molecule has 0 aromatic carbocycles. The molecule has 0 atom stereocenters. The Labute approximate surface area is 217 Å². The van der Waals surface area contributed by atoms with Gasteiger partial charge in [0.15, 0.2) is 0 Å². The molecule has 0 heterocycles. The highest BCUT2D eigenvalue weighted by atomic mass is 16.5. The van der Waals surface area contributed by atoms with Crippen LogP contribution in [0.1, 0.15) is 110 Å². The lowest BCUT2D eigenvalue weighted by Crippen LogP contribution is -2.43. The number of likely N-dealkylation sites (N-methyl/N-ethyl adjacent to an activating group) is 2. The summed E-state index contributed by atoms with van der Waals surface area (Å²) in [6.45, 7) is 9.26. The number of esters is 2. The lowest BCUT2D eigenvalue weighted by atomic mass is 10.1. The van der Waals surface area contributed by atoms with Crippen molar-refractivity contribution in [1.82, 2.24) is 0 Å². The van der Waals surface area contributed by atoms with Gasteiger partial charge in [0, 0.05) is 12.8 Å². The Kier molecular flexibility index (Phi) is 20.3. The van der Waals surface area contributed by atoms with E-state index >= 15 is 0 Å². The molecule has 0 unspecified atom stereocenters. The zero-order valence-corrected chi connectivity index (χ0v) is 24.4. The van der Waals surface area contributed by atoms with E-state index in [9.17, 15) is 9.59 Å². The first-order valence-electron chi connectivity index (χ1n) is 14.6. The average molecular weight is 501 g/mol. The van der Waals surface area contributed by atoms with Crippen molar-refractivity contribution < 1.29 is 28.0 Å². The van der Waals surface area contributed by atoms with E-state index in [0.717, 1.165) is 35.1 Å². The van der Waals surface area contributed by atoms with Gasteiger partial charge in [0.25, 0.3) is 0 Å². The molecule has 0 rings (SSSR count). The molecule has 6 nitrogen and oxygen atoms in total. The Hall–Kier alpha value is -1.14. The molecule has 0 saturated carbocycles. The van der Waals surface area contributed by atoms with E-state index in [4.69, 9.17) is 9.47 Å². The van der Waals surface area contributed by atoms with Crippen molar-refractivity contribution in [2.45, 2.75) is 110 Å². The number of carbonyl (C=O) groups is 2. The van der Waals surface area contributed by atoms with Gasteiger partial charge < -0.3 is 18.4 Å². The van der Waals surface area contributed by atoms with E-state index in [-0.39, 0.29) is 24.8 Å². The number of nitrogens with zero attached hydrogens (tertiary/aromatic N) is 2. The van der Waals surface area contributed by atoms with E-state index in [1.165, 1.54) is 77.0 Å². The molecule has 0 spiro atoms. The fourth-order valence-corrected chi connectivity index (χ4v) is 4.20. The van der Waals surface area contributed by atoms with Crippen LogP contribution < -0.4 is 0 Å². The second-order valence-corrected chi connectivity index (χ2v) is 11.6. The van der Waals surface area contributed by atoms with Crippen LogP contribution in [0.25, 0.3) is 0 Å². The first kappa shape index (κ1) is 33.9. The third-order valence-electron chi connectivity index (χ3n) is 6.92.